The summed E-state index contributed by atoms with van der Waals surface area (Å²) >= 11 is 0. The van der Waals surface area contributed by atoms with Gasteiger partial charge < -0.3 is 10.1 Å². The number of hydrogen-bond acceptors (Lipinski definition) is 3. The first kappa shape index (κ1) is 15.4. The number of ether oxygens (including phenoxy) is 1. The molecule has 0 aromatic rings. The molecule has 0 bridgehead atoms. The molecule has 0 aliphatic carbocycles. The fourth-order valence-corrected chi connectivity index (χ4v) is 1.46. The van der Waals surface area contributed by atoms with E-state index in [1.165, 1.54) is 0 Å². The summed E-state index contributed by atoms with van der Waals surface area (Å²) in [6, 6.07) is 2.20. The molecule has 1 N–H and O–H groups in total. The largest absolute Gasteiger partial charge is 0.381 e. The molecule has 94 valence electrons. The molecule has 0 amide bonds. The highest BCUT2D eigenvalue weighted by Gasteiger charge is 2.16. The van der Waals surface area contributed by atoms with Crippen molar-refractivity contribution in [2.45, 2.75) is 46.5 Å². The summed E-state index contributed by atoms with van der Waals surface area (Å²) < 4.78 is 5.40. The van der Waals surface area contributed by atoms with Crippen LogP contribution in [0.4, 0.5) is 0 Å². The summed E-state index contributed by atoms with van der Waals surface area (Å²) in [6.07, 6.45) is 3.76. The quantitative estimate of drug-likeness (QED) is 0.583. The lowest BCUT2D eigenvalue weighted by atomic mass is 9.88. The van der Waals surface area contributed by atoms with Crippen molar-refractivity contribution in [1.29, 1.82) is 5.26 Å². The highest BCUT2D eigenvalue weighted by molar-refractivity contribution is 4.78. The molecule has 0 aromatic carbocycles. The lowest BCUT2D eigenvalue weighted by Gasteiger charge is -2.23. The molecule has 0 heterocycles. The Morgan fingerprint density at radius 2 is 2.06 bits per heavy atom. The van der Waals surface area contributed by atoms with Gasteiger partial charge in [-0.25, -0.2) is 0 Å². The minimum atomic E-state index is 0.222. The summed E-state index contributed by atoms with van der Waals surface area (Å²) in [7, 11) is 0. The zero-order valence-electron chi connectivity index (χ0n) is 11.0. The summed E-state index contributed by atoms with van der Waals surface area (Å²) in [5.41, 5.74) is 0.222. The summed E-state index contributed by atoms with van der Waals surface area (Å²) in [6.45, 7) is 10.2. The van der Waals surface area contributed by atoms with Gasteiger partial charge in [0.15, 0.2) is 0 Å². The molecule has 0 aliphatic rings. The lowest BCUT2D eigenvalue weighted by molar-refractivity contribution is 0.131. The van der Waals surface area contributed by atoms with Crippen molar-refractivity contribution in [1.82, 2.24) is 5.32 Å². The average Bonchev–Trinajstić information content (AvgIpc) is 2.25. The molecule has 0 aliphatic heterocycles. The molecule has 0 unspecified atom stereocenters. The van der Waals surface area contributed by atoms with E-state index in [1.807, 2.05) is 0 Å². The molecular weight excluding hydrogens is 200 g/mol. The van der Waals surface area contributed by atoms with Gasteiger partial charge in [-0.05, 0) is 31.2 Å². The van der Waals surface area contributed by atoms with Gasteiger partial charge in [0.1, 0.15) is 0 Å². The molecule has 3 nitrogen and oxygen atoms in total. The van der Waals surface area contributed by atoms with Crippen LogP contribution in [0.2, 0.25) is 0 Å². The van der Waals surface area contributed by atoms with E-state index in [2.05, 4.69) is 32.2 Å². The Morgan fingerprint density at radius 1 is 1.31 bits per heavy atom. The van der Waals surface area contributed by atoms with Crippen molar-refractivity contribution in [3.8, 4) is 6.07 Å². The molecule has 0 atom stereocenters. The maximum atomic E-state index is 8.53. The third-order valence-corrected chi connectivity index (χ3v) is 2.51. The van der Waals surface area contributed by atoms with Gasteiger partial charge in [0.2, 0.25) is 0 Å². The predicted octanol–water partition coefficient (Wildman–Crippen LogP) is 2.72. The van der Waals surface area contributed by atoms with Crippen molar-refractivity contribution >= 4 is 0 Å². The highest BCUT2D eigenvalue weighted by Crippen LogP contribution is 2.20. The molecule has 3 heteroatoms. The first-order chi connectivity index (χ1) is 7.62. The van der Waals surface area contributed by atoms with Crippen LogP contribution in [-0.4, -0.2) is 26.3 Å². The van der Waals surface area contributed by atoms with Crippen LogP contribution in [0.3, 0.4) is 0 Å². The number of nitrogens with zero attached hydrogens (tertiary/aromatic N) is 1. The minimum Gasteiger partial charge on any atom is -0.381 e. The van der Waals surface area contributed by atoms with Gasteiger partial charge in [0.05, 0.1) is 6.07 Å². The molecule has 0 saturated carbocycles. The summed E-state index contributed by atoms with van der Waals surface area (Å²) in [5, 5.41) is 12.0. The third-order valence-electron chi connectivity index (χ3n) is 2.51. The Hall–Kier alpha value is -0.590. The normalized spacial score (nSPS) is 11.4. The van der Waals surface area contributed by atoms with Crippen molar-refractivity contribution in [2.75, 3.05) is 26.3 Å². The minimum absolute atomic E-state index is 0.222. The van der Waals surface area contributed by atoms with Crippen molar-refractivity contribution < 1.29 is 4.74 Å². The lowest BCUT2D eigenvalue weighted by Crippen LogP contribution is -2.30. The average molecular weight is 226 g/mol. The zero-order chi connectivity index (χ0) is 12.3. The zero-order valence-corrected chi connectivity index (χ0v) is 11.0. The van der Waals surface area contributed by atoms with Gasteiger partial charge in [0.25, 0.3) is 0 Å². The molecule has 0 saturated heterocycles. The Labute approximate surface area is 100 Å². The van der Waals surface area contributed by atoms with Crippen LogP contribution in [0.25, 0.3) is 0 Å². The third kappa shape index (κ3) is 9.95. The van der Waals surface area contributed by atoms with E-state index >= 15 is 0 Å². The Kier molecular flexibility index (Phi) is 9.27. The van der Waals surface area contributed by atoms with Gasteiger partial charge in [-0.3, -0.25) is 0 Å². The van der Waals surface area contributed by atoms with E-state index in [0.29, 0.717) is 6.42 Å². The molecule has 0 fully saturated rings. The Bertz CT molecular complexity index is 197. The van der Waals surface area contributed by atoms with Crippen LogP contribution in [0.1, 0.15) is 46.5 Å². The maximum Gasteiger partial charge on any atom is 0.0621 e. The number of nitriles is 1. The van der Waals surface area contributed by atoms with E-state index in [1.54, 1.807) is 0 Å². The SMILES string of the molecule is CCCOCCCNCC(C)(C)CCC#N. The van der Waals surface area contributed by atoms with Crippen molar-refractivity contribution in [3.63, 3.8) is 0 Å². The second-order valence-corrected chi connectivity index (χ2v) is 4.97. The standard InChI is InChI=1S/C13H26N2O/c1-4-10-16-11-6-9-15-12-13(2,3)7-5-8-14/h15H,4-7,9-12H2,1-3H3. The van der Waals surface area contributed by atoms with Crippen molar-refractivity contribution in [2.24, 2.45) is 5.41 Å². The van der Waals surface area contributed by atoms with Crippen LogP contribution < -0.4 is 5.32 Å². The van der Waals surface area contributed by atoms with Crippen molar-refractivity contribution in [3.05, 3.63) is 0 Å². The van der Waals surface area contributed by atoms with E-state index in [9.17, 15) is 0 Å². The van der Waals surface area contributed by atoms with Gasteiger partial charge in [-0.15, -0.1) is 0 Å². The molecule has 16 heavy (non-hydrogen) atoms. The van der Waals surface area contributed by atoms with Crippen LogP contribution in [-0.2, 0) is 4.74 Å². The molecule has 0 radical (unpaired) electrons. The number of nitrogens with one attached hydrogen (secondary N) is 1. The fraction of sp³-hybridized carbons (Fsp3) is 0.923. The van der Waals surface area contributed by atoms with Gasteiger partial charge in [-0.1, -0.05) is 20.8 Å². The summed E-state index contributed by atoms with van der Waals surface area (Å²) in [5.74, 6) is 0. The second kappa shape index (κ2) is 9.62. The molecular formula is C13H26N2O. The Morgan fingerprint density at radius 3 is 2.69 bits per heavy atom. The first-order valence-electron chi connectivity index (χ1n) is 6.28. The van der Waals surface area contributed by atoms with E-state index in [-0.39, 0.29) is 5.41 Å². The first-order valence-corrected chi connectivity index (χ1v) is 6.28. The molecule has 0 rings (SSSR count). The monoisotopic (exact) mass is 226 g/mol. The smallest absolute Gasteiger partial charge is 0.0621 e. The van der Waals surface area contributed by atoms with Gasteiger partial charge in [-0.2, -0.15) is 5.26 Å². The van der Waals surface area contributed by atoms with Gasteiger partial charge >= 0.3 is 0 Å². The van der Waals surface area contributed by atoms with Crippen LogP contribution in [0.5, 0.6) is 0 Å². The molecule has 0 aromatic heterocycles. The number of rotatable bonds is 10. The topological polar surface area (TPSA) is 45.0 Å². The van der Waals surface area contributed by atoms with E-state index < -0.39 is 0 Å². The second-order valence-electron chi connectivity index (χ2n) is 4.97. The highest BCUT2D eigenvalue weighted by atomic mass is 16.5. The Balaban J connectivity index is 3.33. The number of hydrogen-bond donors (Lipinski definition) is 1. The maximum absolute atomic E-state index is 8.53. The van der Waals surface area contributed by atoms with Crippen LogP contribution in [0.15, 0.2) is 0 Å². The summed E-state index contributed by atoms with van der Waals surface area (Å²) in [4.78, 5) is 0. The fourth-order valence-electron chi connectivity index (χ4n) is 1.46. The van der Waals surface area contributed by atoms with E-state index in [4.69, 9.17) is 10.00 Å². The molecule has 0 spiro atoms. The van der Waals surface area contributed by atoms with Gasteiger partial charge in [0, 0.05) is 26.2 Å². The van der Waals surface area contributed by atoms with Crippen LogP contribution in [0, 0.1) is 16.7 Å². The predicted molar refractivity (Wildman–Crippen MR) is 67.2 cm³/mol. The van der Waals surface area contributed by atoms with E-state index in [0.717, 1.165) is 45.6 Å². The van der Waals surface area contributed by atoms with Crippen LogP contribution >= 0.6 is 0 Å².